The number of fused-ring (bicyclic) bond motifs is 1. The monoisotopic (exact) mass is 288 g/mol. The summed E-state index contributed by atoms with van der Waals surface area (Å²) in [4.78, 5) is 11.5. The van der Waals surface area contributed by atoms with E-state index in [4.69, 9.17) is 0 Å². The third kappa shape index (κ3) is 2.65. The molecule has 0 bridgehead atoms. The number of benzene rings is 1. The van der Waals surface area contributed by atoms with Crippen LogP contribution >= 0.6 is 0 Å². The highest BCUT2D eigenvalue weighted by Crippen LogP contribution is 2.50. The molecular formula is C18H24O3. The SMILES string of the molecule is Cc1ccc(C(O)CCC2C(O)CC3C(=O)CC32)c(C)c1. The molecule has 0 aliphatic heterocycles. The van der Waals surface area contributed by atoms with E-state index in [0.29, 0.717) is 31.0 Å². The Labute approximate surface area is 126 Å². The van der Waals surface area contributed by atoms with Gasteiger partial charge < -0.3 is 10.2 Å². The van der Waals surface area contributed by atoms with Gasteiger partial charge in [0.25, 0.3) is 0 Å². The van der Waals surface area contributed by atoms with Gasteiger partial charge in [-0.1, -0.05) is 23.8 Å². The highest BCUT2D eigenvalue weighted by molar-refractivity contribution is 5.88. The predicted molar refractivity (Wildman–Crippen MR) is 80.8 cm³/mol. The third-order valence-electron chi connectivity index (χ3n) is 5.46. The zero-order chi connectivity index (χ0) is 15.1. The highest BCUT2D eigenvalue weighted by Gasteiger charge is 2.52. The highest BCUT2D eigenvalue weighted by atomic mass is 16.3. The van der Waals surface area contributed by atoms with Crippen LogP contribution in [0, 0.1) is 31.6 Å². The largest absolute Gasteiger partial charge is 0.393 e. The first-order chi connectivity index (χ1) is 9.97. The van der Waals surface area contributed by atoms with Crippen molar-refractivity contribution >= 4 is 5.78 Å². The van der Waals surface area contributed by atoms with Crippen LogP contribution in [0.3, 0.4) is 0 Å². The van der Waals surface area contributed by atoms with Crippen LogP contribution in [0.15, 0.2) is 18.2 Å². The summed E-state index contributed by atoms with van der Waals surface area (Å²) in [7, 11) is 0. The maximum absolute atomic E-state index is 11.5. The minimum atomic E-state index is -0.479. The number of rotatable bonds is 4. The maximum Gasteiger partial charge on any atom is 0.136 e. The second-order valence-corrected chi connectivity index (χ2v) is 6.86. The quantitative estimate of drug-likeness (QED) is 0.895. The summed E-state index contributed by atoms with van der Waals surface area (Å²) in [6, 6.07) is 6.11. The fourth-order valence-electron chi connectivity index (χ4n) is 4.19. The molecule has 0 saturated heterocycles. The zero-order valence-corrected chi connectivity index (χ0v) is 12.7. The molecule has 114 valence electrons. The van der Waals surface area contributed by atoms with E-state index in [0.717, 1.165) is 17.5 Å². The molecule has 3 heteroatoms. The van der Waals surface area contributed by atoms with Gasteiger partial charge in [0.15, 0.2) is 0 Å². The smallest absolute Gasteiger partial charge is 0.136 e. The van der Waals surface area contributed by atoms with Crippen molar-refractivity contribution < 1.29 is 15.0 Å². The molecule has 2 aliphatic rings. The minimum Gasteiger partial charge on any atom is -0.393 e. The normalized spacial score (nSPS) is 32.7. The van der Waals surface area contributed by atoms with Crippen LogP contribution in [0.25, 0.3) is 0 Å². The molecule has 0 radical (unpaired) electrons. The van der Waals surface area contributed by atoms with E-state index in [2.05, 4.69) is 6.07 Å². The van der Waals surface area contributed by atoms with Gasteiger partial charge in [-0.15, -0.1) is 0 Å². The van der Waals surface area contributed by atoms with Gasteiger partial charge in [-0.2, -0.15) is 0 Å². The number of aryl methyl sites for hydroxylation is 2. The molecule has 2 fully saturated rings. The topological polar surface area (TPSA) is 57.5 Å². The second-order valence-electron chi connectivity index (χ2n) is 6.86. The van der Waals surface area contributed by atoms with E-state index in [1.54, 1.807) is 0 Å². The molecule has 0 amide bonds. The molecule has 2 N–H and O–H groups in total. The number of ketones is 1. The first-order valence-electron chi connectivity index (χ1n) is 7.93. The van der Waals surface area contributed by atoms with Crippen molar-refractivity contribution in [3.05, 3.63) is 34.9 Å². The Bertz CT molecular complexity index is 551. The lowest BCUT2D eigenvalue weighted by Crippen LogP contribution is -2.36. The molecule has 5 atom stereocenters. The van der Waals surface area contributed by atoms with Gasteiger partial charge in [-0.3, -0.25) is 4.79 Å². The summed E-state index contributed by atoms with van der Waals surface area (Å²) >= 11 is 0. The summed E-state index contributed by atoms with van der Waals surface area (Å²) in [6.07, 6.45) is 1.87. The summed E-state index contributed by atoms with van der Waals surface area (Å²) in [5.41, 5.74) is 3.30. The van der Waals surface area contributed by atoms with E-state index >= 15 is 0 Å². The van der Waals surface area contributed by atoms with Crippen LogP contribution in [-0.2, 0) is 4.79 Å². The van der Waals surface area contributed by atoms with Gasteiger partial charge >= 0.3 is 0 Å². The van der Waals surface area contributed by atoms with Crippen LogP contribution in [0.4, 0.5) is 0 Å². The molecule has 3 rings (SSSR count). The molecule has 2 aliphatic carbocycles. The van der Waals surface area contributed by atoms with Gasteiger partial charge in [0, 0.05) is 12.3 Å². The molecule has 0 aromatic heterocycles. The Morgan fingerprint density at radius 2 is 2.10 bits per heavy atom. The lowest BCUT2D eigenvalue weighted by molar-refractivity contribution is -0.133. The lowest BCUT2D eigenvalue weighted by atomic mass is 9.70. The van der Waals surface area contributed by atoms with E-state index < -0.39 is 6.10 Å². The fraction of sp³-hybridized carbons (Fsp3) is 0.611. The maximum atomic E-state index is 11.5. The van der Waals surface area contributed by atoms with E-state index in [-0.39, 0.29) is 17.9 Å². The Morgan fingerprint density at radius 3 is 2.71 bits per heavy atom. The Hall–Kier alpha value is -1.19. The van der Waals surface area contributed by atoms with Crippen molar-refractivity contribution in [3.8, 4) is 0 Å². The molecule has 3 nitrogen and oxygen atoms in total. The van der Waals surface area contributed by atoms with Crippen LogP contribution in [0.5, 0.6) is 0 Å². The Kier molecular flexibility index (Phi) is 3.89. The Morgan fingerprint density at radius 1 is 1.33 bits per heavy atom. The van der Waals surface area contributed by atoms with Crippen LogP contribution in [-0.4, -0.2) is 22.1 Å². The molecule has 5 unspecified atom stereocenters. The Balaban J connectivity index is 1.61. The number of Topliss-reactive ketones (excluding diaryl/α,β-unsaturated/α-hetero) is 1. The summed E-state index contributed by atoms with van der Waals surface area (Å²) in [5, 5.41) is 20.5. The van der Waals surface area contributed by atoms with Crippen LogP contribution < -0.4 is 0 Å². The standard InChI is InChI=1S/C18H24O3/c1-10-3-4-12(11(2)7-10)16(19)6-5-13-14-8-18(21)15(14)9-17(13)20/h3-4,7,13-17,19-20H,5-6,8-9H2,1-2H3. The zero-order valence-electron chi connectivity index (χ0n) is 12.7. The van der Waals surface area contributed by atoms with Gasteiger partial charge in [-0.25, -0.2) is 0 Å². The van der Waals surface area contributed by atoms with E-state index in [9.17, 15) is 15.0 Å². The first-order valence-corrected chi connectivity index (χ1v) is 7.93. The van der Waals surface area contributed by atoms with Gasteiger partial charge in [0.05, 0.1) is 12.2 Å². The van der Waals surface area contributed by atoms with Crippen molar-refractivity contribution in [2.45, 2.75) is 51.7 Å². The predicted octanol–water partition coefficient (Wildman–Crippen LogP) is 2.70. The fourth-order valence-corrected chi connectivity index (χ4v) is 4.19. The molecule has 1 aromatic rings. The molecule has 0 spiro atoms. The van der Waals surface area contributed by atoms with Crippen molar-refractivity contribution in [3.63, 3.8) is 0 Å². The third-order valence-corrected chi connectivity index (χ3v) is 5.46. The number of carbonyl (C=O) groups excluding carboxylic acids is 1. The molecule has 1 aromatic carbocycles. The van der Waals surface area contributed by atoms with Gasteiger partial charge in [-0.05, 0) is 56.1 Å². The van der Waals surface area contributed by atoms with Crippen molar-refractivity contribution in [1.29, 1.82) is 0 Å². The van der Waals surface area contributed by atoms with Crippen molar-refractivity contribution in [2.75, 3.05) is 0 Å². The summed E-state index contributed by atoms with van der Waals surface area (Å²) < 4.78 is 0. The summed E-state index contributed by atoms with van der Waals surface area (Å²) in [5.74, 6) is 0.964. The molecular weight excluding hydrogens is 264 g/mol. The lowest BCUT2D eigenvalue weighted by Gasteiger charge is -2.32. The molecule has 21 heavy (non-hydrogen) atoms. The summed E-state index contributed by atoms with van der Waals surface area (Å²) in [6.45, 7) is 4.07. The second kappa shape index (κ2) is 5.54. The van der Waals surface area contributed by atoms with Crippen molar-refractivity contribution in [2.24, 2.45) is 17.8 Å². The number of aliphatic hydroxyl groups is 2. The first kappa shape index (κ1) is 14.7. The average Bonchev–Trinajstić information content (AvgIpc) is 2.68. The van der Waals surface area contributed by atoms with Gasteiger partial charge in [0.2, 0.25) is 0 Å². The van der Waals surface area contributed by atoms with Crippen molar-refractivity contribution in [1.82, 2.24) is 0 Å². The van der Waals surface area contributed by atoms with Gasteiger partial charge in [0.1, 0.15) is 5.78 Å². The molecule has 0 heterocycles. The number of hydrogen-bond donors (Lipinski definition) is 2. The van der Waals surface area contributed by atoms with Crippen LogP contribution in [0.1, 0.15) is 48.5 Å². The van der Waals surface area contributed by atoms with E-state index in [1.165, 1.54) is 5.56 Å². The average molecular weight is 288 g/mol. The van der Waals surface area contributed by atoms with Crippen LogP contribution in [0.2, 0.25) is 0 Å². The number of aliphatic hydroxyl groups excluding tert-OH is 2. The van der Waals surface area contributed by atoms with E-state index in [1.807, 2.05) is 26.0 Å². The number of hydrogen-bond acceptors (Lipinski definition) is 3. The molecule has 2 saturated carbocycles. The minimum absolute atomic E-state index is 0.100. The number of carbonyl (C=O) groups is 1.